The minimum atomic E-state index is -3.43. The standard InChI is InChI=1S/C7H15NO5S/c1-13-7(10)2-3-14(11,12)5-6(9)4-8/h6,9H,2-5,8H2,1H3. The Balaban J connectivity index is 4.02. The first-order chi connectivity index (χ1) is 6.41. The van der Waals surface area contributed by atoms with Crippen LogP contribution in [0.5, 0.6) is 0 Å². The fourth-order valence-corrected chi connectivity index (χ4v) is 2.15. The Morgan fingerprint density at radius 2 is 2.14 bits per heavy atom. The number of aliphatic hydroxyl groups is 1. The molecule has 0 radical (unpaired) electrons. The summed E-state index contributed by atoms with van der Waals surface area (Å²) in [6.07, 6.45) is -1.27. The number of rotatable bonds is 6. The first kappa shape index (κ1) is 13.3. The van der Waals surface area contributed by atoms with Crippen molar-refractivity contribution in [3.8, 4) is 0 Å². The normalized spacial score (nSPS) is 13.6. The van der Waals surface area contributed by atoms with Crippen LogP contribution in [-0.4, -0.2) is 50.8 Å². The second kappa shape index (κ2) is 5.94. The van der Waals surface area contributed by atoms with Crippen LogP contribution in [0.2, 0.25) is 0 Å². The summed E-state index contributed by atoms with van der Waals surface area (Å²) in [5, 5.41) is 9.00. The Morgan fingerprint density at radius 3 is 2.57 bits per heavy atom. The highest BCUT2D eigenvalue weighted by molar-refractivity contribution is 7.91. The maximum absolute atomic E-state index is 11.2. The topological polar surface area (TPSA) is 107 Å². The molecule has 84 valence electrons. The molecule has 0 aromatic carbocycles. The second-order valence-electron chi connectivity index (χ2n) is 2.83. The van der Waals surface area contributed by atoms with E-state index in [1.165, 1.54) is 7.11 Å². The molecule has 0 amide bonds. The van der Waals surface area contributed by atoms with Gasteiger partial charge in [-0.25, -0.2) is 8.42 Å². The molecular weight excluding hydrogens is 210 g/mol. The van der Waals surface area contributed by atoms with Gasteiger partial charge < -0.3 is 15.6 Å². The predicted molar refractivity (Wildman–Crippen MR) is 50.3 cm³/mol. The molecule has 0 aromatic heterocycles. The summed E-state index contributed by atoms with van der Waals surface area (Å²) in [5.74, 6) is -1.33. The van der Waals surface area contributed by atoms with Gasteiger partial charge in [0.2, 0.25) is 0 Å². The monoisotopic (exact) mass is 225 g/mol. The number of hydrogen-bond donors (Lipinski definition) is 2. The van der Waals surface area contributed by atoms with E-state index in [1.807, 2.05) is 0 Å². The Kier molecular flexibility index (Phi) is 5.66. The molecule has 0 aliphatic heterocycles. The third-order valence-corrected chi connectivity index (χ3v) is 3.28. The third-order valence-electron chi connectivity index (χ3n) is 1.56. The summed E-state index contributed by atoms with van der Waals surface area (Å²) in [4.78, 5) is 10.6. The van der Waals surface area contributed by atoms with E-state index in [-0.39, 0.29) is 18.7 Å². The van der Waals surface area contributed by atoms with Crippen LogP contribution in [0.15, 0.2) is 0 Å². The number of sulfone groups is 1. The number of aliphatic hydroxyl groups excluding tert-OH is 1. The molecule has 0 aromatic rings. The Hall–Kier alpha value is -0.660. The number of nitrogens with two attached hydrogens (primary N) is 1. The van der Waals surface area contributed by atoms with E-state index in [9.17, 15) is 13.2 Å². The lowest BCUT2D eigenvalue weighted by atomic mass is 10.4. The van der Waals surface area contributed by atoms with Crippen LogP contribution in [0.25, 0.3) is 0 Å². The third kappa shape index (κ3) is 5.90. The predicted octanol–water partition coefficient (Wildman–Crippen LogP) is -1.72. The highest BCUT2D eigenvalue weighted by atomic mass is 32.2. The van der Waals surface area contributed by atoms with Crippen LogP contribution in [0.3, 0.4) is 0 Å². The van der Waals surface area contributed by atoms with E-state index in [0.29, 0.717) is 0 Å². The number of carbonyl (C=O) groups is 1. The molecule has 1 atom stereocenters. The molecule has 3 N–H and O–H groups in total. The number of esters is 1. The number of hydrogen-bond acceptors (Lipinski definition) is 6. The maximum Gasteiger partial charge on any atom is 0.306 e. The average Bonchev–Trinajstić information content (AvgIpc) is 2.13. The number of ether oxygens (including phenoxy) is 1. The molecule has 0 fully saturated rings. The molecular formula is C7H15NO5S. The second-order valence-corrected chi connectivity index (χ2v) is 5.06. The zero-order valence-electron chi connectivity index (χ0n) is 7.97. The first-order valence-corrected chi connectivity index (χ1v) is 5.89. The van der Waals surface area contributed by atoms with Gasteiger partial charge in [0.1, 0.15) is 0 Å². The lowest BCUT2D eigenvalue weighted by Gasteiger charge is -2.07. The molecule has 0 aliphatic rings. The van der Waals surface area contributed by atoms with Gasteiger partial charge in [-0.05, 0) is 0 Å². The summed E-state index contributed by atoms with van der Waals surface area (Å²) in [5.41, 5.74) is 5.06. The van der Waals surface area contributed by atoms with Crippen molar-refractivity contribution in [1.82, 2.24) is 0 Å². The molecule has 0 heterocycles. The van der Waals surface area contributed by atoms with Gasteiger partial charge in [-0.15, -0.1) is 0 Å². The molecule has 0 saturated carbocycles. The Bertz CT molecular complexity index is 274. The average molecular weight is 225 g/mol. The largest absolute Gasteiger partial charge is 0.469 e. The van der Waals surface area contributed by atoms with Gasteiger partial charge in [0.25, 0.3) is 0 Å². The zero-order chi connectivity index (χ0) is 11.2. The summed E-state index contributed by atoms with van der Waals surface area (Å²) >= 11 is 0. The van der Waals surface area contributed by atoms with Gasteiger partial charge in [-0.1, -0.05) is 0 Å². The van der Waals surface area contributed by atoms with Crippen LogP contribution in [-0.2, 0) is 19.4 Å². The molecule has 0 aliphatic carbocycles. The molecule has 1 unspecified atom stereocenters. The van der Waals surface area contributed by atoms with Crippen molar-refractivity contribution >= 4 is 15.8 Å². The zero-order valence-corrected chi connectivity index (χ0v) is 8.79. The fourth-order valence-electron chi connectivity index (χ4n) is 0.785. The molecule has 0 spiro atoms. The lowest BCUT2D eigenvalue weighted by molar-refractivity contribution is -0.140. The van der Waals surface area contributed by atoms with Crippen LogP contribution in [0, 0.1) is 0 Å². The summed E-state index contributed by atoms with van der Waals surface area (Å²) in [6.45, 7) is -0.114. The van der Waals surface area contributed by atoms with E-state index < -0.39 is 27.7 Å². The van der Waals surface area contributed by atoms with Crippen LogP contribution in [0.1, 0.15) is 6.42 Å². The van der Waals surface area contributed by atoms with E-state index >= 15 is 0 Å². The lowest BCUT2D eigenvalue weighted by Crippen LogP contribution is -2.30. The van der Waals surface area contributed by atoms with Gasteiger partial charge >= 0.3 is 5.97 Å². The van der Waals surface area contributed by atoms with Crippen molar-refractivity contribution in [1.29, 1.82) is 0 Å². The van der Waals surface area contributed by atoms with Crippen molar-refractivity contribution in [3.05, 3.63) is 0 Å². The summed E-state index contributed by atoms with van der Waals surface area (Å²) < 4.78 is 26.7. The van der Waals surface area contributed by atoms with E-state index in [0.717, 1.165) is 0 Å². The number of methoxy groups -OCH3 is 1. The molecule has 7 heteroatoms. The van der Waals surface area contributed by atoms with E-state index in [1.54, 1.807) is 0 Å². The van der Waals surface area contributed by atoms with Gasteiger partial charge in [0, 0.05) is 6.54 Å². The molecule has 14 heavy (non-hydrogen) atoms. The molecule has 0 bridgehead atoms. The van der Waals surface area contributed by atoms with Gasteiger partial charge in [-0.3, -0.25) is 4.79 Å². The van der Waals surface area contributed by atoms with Crippen LogP contribution < -0.4 is 5.73 Å². The van der Waals surface area contributed by atoms with E-state index in [2.05, 4.69) is 4.74 Å². The Labute approximate surface area is 83.0 Å². The fraction of sp³-hybridized carbons (Fsp3) is 0.857. The first-order valence-electron chi connectivity index (χ1n) is 4.06. The van der Waals surface area contributed by atoms with Crippen molar-refractivity contribution in [2.45, 2.75) is 12.5 Å². The van der Waals surface area contributed by atoms with Crippen molar-refractivity contribution < 1.29 is 23.1 Å². The quantitative estimate of drug-likeness (QED) is 0.521. The van der Waals surface area contributed by atoms with Gasteiger partial charge in [0.05, 0.1) is 31.1 Å². The minimum Gasteiger partial charge on any atom is -0.469 e. The number of carbonyl (C=O) groups excluding carboxylic acids is 1. The maximum atomic E-state index is 11.2. The molecule has 6 nitrogen and oxygen atoms in total. The summed E-state index contributed by atoms with van der Waals surface area (Å²) in [6, 6.07) is 0. The van der Waals surface area contributed by atoms with Crippen LogP contribution >= 0.6 is 0 Å². The molecule has 0 saturated heterocycles. The van der Waals surface area contributed by atoms with Gasteiger partial charge in [0.15, 0.2) is 9.84 Å². The van der Waals surface area contributed by atoms with Crippen molar-refractivity contribution in [2.24, 2.45) is 5.73 Å². The SMILES string of the molecule is COC(=O)CCS(=O)(=O)CC(O)CN. The molecule has 0 rings (SSSR count). The Morgan fingerprint density at radius 1 is 1.57 bits per heavy atom. The van der Waals surface area contributed by atoms with E-state index in [4.69, 9.17) is 10.8 Å². The van der Waals surface area contributed by atoms with Crippen molar-refractivity contribution in [2.75, 3.05) is 25.2 Å². The smallest absolute Gasteiger partial charge is 0.306 e. The van der Waals surface area contributed by atoms with Crippen molar-refractivity contribution in [3.63, 3.8) is 0 Å². The highest BCUT2D eigenvalue weighted by Gasteiger charge is 2.17. The van der Waals surface area contributed by atoms with Crippen LogP contribution in [0.4, 0.5) is 0 Å². The van der Waals surface area contributed by atoms with Gasteiger partial charge in [-0.2, -0.15) is 0 Å². The minimum absolute atomic E-state index is 0.114. The summed E-state index contributed by atoms with van der Waals surface area (Å²) in [7, 11) is -2.24. The highest BCUT2D eigenvalue weighted by Crippen LogP contribution is 1.98.